The van der Waals surface area contributed by atoms with Gasteiger partial charge in [0.1, 0.15) is 0 Å². The smallest absolute Gasteiger partial charge is 0.251 e. The Kier molecular flexibility index (Phi) is 5.98. The molecule has 0 saturated heterocycles. The summed E-state index contributed by atoms with van der Waals surface area (Å²) in [4.78, 5) is 11.9. The van der Waals surface area contributed by atoms with E-state index in [1.54, 1.807) is 4.03 Å². The molecule has 2 rings (SSSR count). The number of rotatable bonds is 6. The standard InChI is InChI=1S/C17H20BrN3O/c1-13(2)20-17(22)15-10-8-14(9-11-15)12-19-21(18)16-6-4-3-5-7-16/h3-11,13,19H,12H2,1-2H3,(H,20,22). The molecule has 2 N–H and O–H groups in total. The van der Waals surface area contributed by atoms with Crippen LogP contribution in [0.3, 0.4) is 0 Å². The van der Waals surface area contributed by atoms with Gasteiger partial charge in [-0.1, -0.05) is 30.3 Å². The normalized spacial score (nSPS) is 10.5. The quantitative estimate of drug-likeness (QED) is 0.609. The van der Waals surface area contributed by atoms with Gasteiger partial charge in [0.2, 0.25) is 0 Å². The lowest BCUT2D eigenvalue weighted by Crippen LogP contribution is -2.30. The maximum atomic E-state index is 11.9. The number of halogens is 1. The molecule has 0 radical (unpaired) electrons. The van der Waals surface area contributed by atoms with Crippen molar-refractivity contribution in [2.24, 2.45) is 0 Å². The molecule has 0 unspecified atom stereocenters. The lowest BCUT2D eigenvalue weighted by atomic mass is 10.1. The van der Waals surface area contributed by atoms with Gasteiger partial charge in [-0.05, 0) is 43.7 Å². The third-order valence-corrected chi connectivity index (χ3v) is 3.70. The summed E-state index contributed by atoms with van der Waals surface area (Å²) in [5.74, 6) is -0.0408. The first-order valence-electron chi connectivity index (χ1n) is 7.20. The second-order valence-corrected chi connectivity index (χ2v) is 5.99. The summed E-state index contributed by atoms with van der Waals surface area (Å²) in [6.45, 7) is 4.56. The third-order valence-electron chi connectivity index (χ3n) is 3.04. The zero-order chi connectivity index (χ0) is 15.9. The van der Waals surface area contributed by atoms with Crippen molar-refractivity contribution in [1.29, 1.82) is 0 Å². The molecule has 0 heterocycles. The van der Waals surface area contributed by atoms with Crippen LogP contribution in [0.2, 0.25) is 0 Å². The number of hydrogen-bond donors (Lipinski definition) is 2. The van der Waals surface area contributed by atoms with E-state index >= 15 is 0 Å². The molecule has 0 aliphatic heterocycles. The molecule has 0 fully saturated rings. The van der Waals surface area contributed by atoms with Crippen LogP contribution in [0.5, 0.6) is 0 Å². The van der Waals surface area contributed by atoms with E-state index in [2.05, 4.69) is 26.9 Å². The van der Waals surface area contributed by atoms with Crippen molar-refractivity contribution in [3.63, 3.8) is 0 Å². The molecule has 2 aromatic rings. The van der Waals surface area contributed by atoms with E-state index < -0.39 is 0 Å². The average molecular weight is 362 g/mol. The maximum Gasteiger partial charge on any atom is 0.251 e. The Labute approximate surface area is 139 Å². The van der Waals surface area contributed by atoms with Gasteiger partial charge >= 0.3 is 0 Å². The Morgan fingerprint density at radius 2 is 1.73 bits per heavy atom. The maximum absolute atomic E-state index is 11.9. The lowest BCUT2D eigenvalue weighted by Gasteiger charge is -2.17. The van der Waals surface area contributed by atoms with Crippen LogP contribution in [0.25, 0.3) is 0 Å². The Bertz CT molecular complexity index is 599. The number of nitrogens with zero attached hydrogens (tertiary/aromatic N) is 1. The van der Waals surface area contributed by atoms with Gasteiger partial charge < -0.3 is 5.32 Å². The Morgan fingerprint density at radius 1 is 1.09 bits per heavy atom. The minimum atomic E-state index is -0.0408. The molecule has 0 atom stereocenters. The van der Waals surface area contributed by atoms with Crippen molar-refractivity contribution in [1.82, 2.24) is 10.7 Å². The fourth-order valence-corrected chi connectivity index (χ4v) is 2.29. The van der Waals surface area contributed by atoms with Crippen LogP contribution in [0.4, 0.5) is 5.69 Å². The van der Waals surface area contributed by atoms with E-state index in [1.165, 1.54) is 0 Å². The van der Waals surface area contributed by atoms with Crippen molar-refractivity contribution >= 4 is 27.7 Å². The minimum Gasteiger partial charge on any atom is -0.350 e. The fourth-order valence-electron chi connectivity index (χ4n) is 1.93. The molecule has 0 bridgehead atoms. The molecular weight excluding hydrogens is 342 g/mol. The Balaban J connectivity index is 1.90. The largest absolute Gasteiger partial charge is 0.350 e. The Morgan fingerprint density at radius 3 is 2.32 bits per heavy atom. The molecule has 5 heteroatoms. The molecule has 0 aliphatic carbocycles. The zero-order valence-corrected chi connectivity index (χ0v) is 14.3. The topological polar surface area (TPSA) is 44.4 Å². The number of nitrogens with one attached hydrogen (secondary N) is 2. The summed E-state index contributed by atoms with van der Waals surface area (Å²) in [5.41, 5.74) is 6.04. The number of benzene rings is 2. The average Bonchev–Trinajstić information content (AvgIpc) is 2.53. The molecule has 0 aromatic heterocycles. The van der Waals surface area contributed by atoms with Crippen molar-refractivity contribution in [3.8, 4) is 0 Å². The summed E-state index contributed by atoms with van der Waals surface area (Å²) in [6.07, 6.45) is 0. The van der Waals surface area contributed by atoms with Crippen LogP contribution >= 0.6 is 16.1 Å². The molecule has 116 valence electrons. The first kappa shape index (κ1) is 16.5. The lowest BCUT2D eigenvalue weighted by molar-refractivity contribution is 0.0943. The second kappa shape index (κ2) is 7.96. The summed E-state index contributed by atoms with van der Waals surface area (Å²) >= 11 is 3.47. The molecule has 0 saturated carbocycles. The van der Waals surface area contributed by atoms with Crippen LogP contribution in [-0.4, -0.2) is 11.9 Å². The molecule has 2 aromatic carbocycles. The van der Waals surface area contributed by atoms with Crippen LogP contribution in [0, 0.1) is 0 Å². The number of hydrogen-bond acceptors (Lipinski definition) is 3. The van der Waals surface area contributed by atoms with Gasteiger partial charge in [0.15, 0.2) is 0 Å². The predicted octanol–water partition coefficient (Wildman–Crippen LogP) is 3.65. The Hall–Kier alpha value is -1.85. The summed E-state index contributed by atoms with van der Waals surface area (Å²) in [5, 5.41) is 2.88. The number of amides is 1. The van der Waals surface area contributed by atoms with Gasteiger partial charge in [-0.2, -0.15) is 0 Å². The number of anilines is 1. The van der Waals surface area contributed by atoms with Gasteiger partial charge in [-0.3, -0.25) is 4.79 Å². The van der Waals surface area contributed by atoms with Crippen molar-refractivity contribution in [2.75, 3.05) is 4.03 Å². The molecule has 1 amide bonds. The summed E-state index contributed by atoms with van der Waals surface area (Å²) in [6, 6.07) is 17.7. The number of carbonyl (C=O) groups is 1. The van der Waals surface area contributed by atoms with Crippen molar-refractivity contribution in [3.05, 3.63) is 65.7 Å². The van der Waals surface area contributed by atoms with E-state index in [1.807, 2.05) is 68.4 Å². The van der Waals surface area contributed by atoms with E-state index in [0.717, 1.165) is 11.3 Å². The molecule has 0 aliphatic rings. The predicted molar refractivity (Wildman–Crippen MR) is 93.7 cm³/mol. The second-order valence-electron chi connectivity index (χ2n) is 5.28. The van der Waals surface area contributed by atoms with Gasteiger partial charge in [0, 0.05) is 18.2 Å². The van der Waals surface area contributed by atoms with E-state index in [4.69, 9.17) is 0 Å². The van der Waals surface area contributed by atoms with Gasteiger partial charge in [-0.15, -0.1) is 0 Å². The molecule has 22 heavy (non-hydrogen) atoms. The van der Waals surface area contributed by atoms with Crippen LogP contribution in [-0.2, 0) is 6.54 Å². The SMILES string of the molecule is CC(C)NC(=O)c1ccc(CNN(Br)c2ccccc2)cc1. The fraction of sp³-hybridized carbons (Fsp3) is 0.235. The van der Waals surface area contributed by atoms with E-state index in [-0.39, 0.29) is 11.9 Å². The van der Waals surface area contributed by atoms with Crippen molar-refractivity contribution in [2.45, 2.75) is 26.4 Å². The van der Waals surface area contributed by atoms with E-state index in [0.29, 0.717) is 12.1 Å². The number of carbonyl (C=O) groups excluding carboxylic acids is 1. The molecular formula is C17H20BrN3O. The first-order chi connectivity index (χ1) is 10.6. The number of hydrazine groups is 1. The van der Waals surface area contributed by atoms with Gasteiger partial charge in [0.25, 0.3) is 5.91 Å². The highest BCUT2D eigenvalue weighted by molar-refractivity contribution is 9.10. The van der Waals surface area contributed by atoms with Crippen molar-refractivity contribution < 1.29 is 4.79 Å². The van der Waals surface area contributed by atoms with Crippen LogP contribution in [0.15, 0.2) is 54.6 Å². The highest BCUT2D eigenvalue weighted by Gasteiger charge is 2.07. The highest BCUT2D eigenvalue weighted by Crippen LogP contribution is 2.15. The van der Waals surface area contributed by atoms with E-state index in [9.17, 15) is 4.79 Å². The number of para-hydroxylation sites is 1. The molecule has 4 nitrogen and oxygen atoms in total. The third kappa shape index (κ3) is 4.86. The van der Waals surface area contributed by atoms with Gasteiger partial charge in [0.05, 0.1) is 21.8 Å². The monoisotopic (exact) mass is 361 g/mol. The zero-order valence-electron chi connectivity index (χ0n) is 12.7. The van der Waals surface area contributed by atoms with Crippen LogP contribution in [0.1, 0.15) is 29.8 Å². The minimum absolute atomic E-state index is 0.0408. The summed E-state index contributed by atoms with van der Waals surface area (Å²) in [7, 11) is 0. The summed E-state index contributed by atoms with van der Waals surface area (Å²) < 4.78 is 1.80. The first-order valence-corrected chi connectivity index (χ1v) is 7.91. The van der Waals surface area contributed by atoms with Crippen LogP contribution < -0.4 is 14.8 Å². The highest BCUT2D eigenvalue weighted by atomic mass is 79.9. The molecule has 0 spiro atoms. The van der Waals surface area contributed by atoms with Gasteiger partial charge in [-0.25, -0.2) is 9.46 Å².